The molecule has 1 aromatic rings. The maximum atomic E-state index is 11.4. The second-order valence-corrected chi connectivity index (χ2v) is 8.10. The summed E-state index contributed by atoms with van der Waals surface area (Å²) in [5.41, 5.74) is 0.990. The van der Waals surface area contributed by atoms with E-state index in [0.717, 1.165) is 16.8 Å². The second kappa shape index (κ2) is 4.28. The van der Waals surface area contributed by atoms with Gasteiger partial charge >= 0.3 is 0 Å². The predicted octanol–water partition coefficient (Wildman–Crippen LogP) is 2.37. The molecule has 1 aromatic carbocycles. The molecule has 1 heterocycles. The van der Waals surface area contributed by atoms with Crippen LogP contribution in [0, 0.1) is 0 Å². The quantitative estimate of drug-likeness (QED) is 0.794. The third-order valence-electron chi connectivity index (χ3n) is 2.70. The Morgan fingerprint density at radius 2 is 1.89 bits per heavy atom. The van der Waals surface area contributed by atoms with Crippen LogP contribution in [0.4, 0.5) is 5.69 Å². The summed E-state index contributed by atoms with van der Waals surface area (Å²) in [7, 11) is -1.55. The van der Waals surface area contributed by atoms with Crippen molar-refractivity contribution in [3.8, 4) is 0 Å². The SMILES string of the molecule is CN1/C(=N/S(C)(=O)=O)C(C)(C)Sc2ccccc21. The van der Waals surface area contributed by atoms with Gasteiger partial charge < -0.3 is 4.90 Å². The number of para-hydroxylation sites is 1. The minimum absolute atomic E-state index is 0.369. The molecular formula is C12H16N2O2S2. The molecule has 98 valence electrons. The van der Waals surface area contributed by atoms with Gasteiger partial charge in [-0.25, -0.2) is 8.42 Å². The summed E-state index contributed by atoms with van der Waals surface area (Å²) < 4.78 is 26.4. The van der Waals surface area contributed by atoms with Gasteiger partial charge in [0, 0.05) is 11.9 Å². The second-order valence-electron chi connectivity index (χ2n) is 4.79. The van der Waals surface area contributed by atoms with E-state index in [2.05, 4.69) is 4.40 Å². The number of fused-ring (bicyclic) bond motifs is 1. The first-order valence-corrected chi connectivity index (χ1v) is 8.19. The van der Waals surface area contributed by atoms with Gasteiger partial charge in [0.05, 0.1) is 16.7 Å². The Morgan fingerprint density at radius 1 is 1.28 bits per heavy atom. The van der Waals surface area contributed by atoms with Crippen LogP contribution in [0.2, 0.25) is 0 Å². The smallest absolute Gasteiger partial charge is 0.251 e. The van der Waals surface area contributed by atoms with Crippen molar-refractivity contribution < 1.29 is 8.42 Å². The van der Waals surface area contributed by atoms with Crippen molar-refractivity contribution >= 4 is 33.3 Å². The molecule has 0 aliphatic carbocycles. The van der Waals surface area contributed by atoms with E-state index in [1.54, 1.807) is 11.8 Å². The molecule has 0 unspecified atom stereocenters. The minimum Gasteiger partial charge on any atom is -0.330 e. The van der Waals surface area contributed by atoms with Crippen molar-refractivity contribution in [1.29, 1.82) is 0 Å². The van der Waals surface area contributed by atoms with E-state index < -0.39 is 10.0 Å². The fraction of sp³-hybridized carbons (Fsp3) is 0.417. The normalized spacial score (nSPS) is 20.9. The highest BCUT2D eigenvalue weighted by Crippen LogP contribution is 2.44. The molecular weight excluding hydrogens is 268 g/mol. The van der Waals surface area contributed by atoms with Crippen LogP contribution in [0.3, 0.4) is 0 Å². The third-order valence-corrected chi connectivity index (χ3v) is 4.46. The molecule has 0 radical (unpaired) electrons. The Morgan fingerprint density at radius 3 is 2.50 bits per heavy atom. The highest BCUT2D eigenvalue weighted by molar-refractivity contribution is 8.01. The Labute approximate surface area is 112 Å². The molecule has 0 saturated carbocycles. The zero-order valence-electron chi connectivity index (χ0n) is 10.8. The summed E-state index contributed by atoms with van der Waals surface area (Å²) >= 11 is 1.63. The van der Waals surface area contributed by atoms with Crippen LogP contribution in [-0.4, -0.2) is 32.3 Å². The number of rotatable bonds is 1. The molecule has 18 heavy (non-hydrogen) atoms. The fourth-order valence-corrected chi connectivity index (χ4v) is 3.99. The Kier molecular flexibility index (Phi) is 3.19. The number of thioether (sulfide) groups is 1. The summed E-state index contributed by atoms with van der Waals surface area (Å²) in [6, 6.07) is 7.92. The van der Waals surface area contributed by atoms with Gasteiger partial charge in [0.2, 0.25) is 0 Å². The lowest BCUT2D eigenvalue weighted by Crippen LogP contribution is -2.45. The van der Waals surface area contributed by atoms with Gasteiger partial charge in [-0.2, -0.15) is 0 Å². The van der Waals surface area contributed by atoms with Gasteiger partial charge in [-0.1, -0.05) is 12.1 Å². The van der Waals surface area contributed by atoms with Crippen LogP contribution < -0.4 is 4.90 Å². The molecule has 0 fully saturated rings. The minimum atomic E-state index is -3.40. The number of amidine groups is 1. The van der Waals surface area contributed by atoms with Crippen LogP contribution in [0.25, 0.3) is 0 Å². The molecule has 0 N–H and O–H groups in total. The number of sulfonamides is 1. The first-order chi connectivity index (χ1) is 8.21. The number of nitrogens with zero attached hydrogens (tertiary/aromatic N) is 2. The monoisotopic (exact) mass is 284 g/mol. The van der Waals surface area contributed by atoms with Crippen LogP contribution >= 0.6 is 11.8 Å². The highest BCUT2D eigenvalue weighted by Gasteiger charge is 2.36. The van der Waals surface area contributed by atoms with Crippen LogP contribution in [0.5, 0.6) is 0 Å². The third kappa shape index (κ3) is 2.54. The molecule has 1 aliphatic rings. The van der Waals surface area contributed by atoms with Crippen LogP contribution in [0.15, 0.2) is 33.6 Å². The molecule has 6 heteroatoms. The van der Waals surface area contributed by atoms with Gasteiger partial charge in [-0.05, 0) is 26.0 Å². The summed E-state index contributed by atoms with van der Waals surface area (Å²) in [5, 5.41) is 0. The first-order valence-electron chi connectivity index (χ1n) is 5.53. The average Bonchev–Trinajstić information content (AvgIpc) is 2.22. The molecule has 0 spiro atoms. The lowest BCUT2D eigenvalue weighted by molar-refractivity contribution is 0.603. The fourth-order valence-electron chi connectivity index (χ4n) is 1.99. The Hall–Kier alpha value is -1.01. The summed E-state index contributed by atoms with van der Waals surface area (Å²) in [6.45, 7) is 3.96. The summed E-state index contributed by atoms with van der Waals surface area (Å²) in [6.07, 6.45) is 1.12. The van der Waals surface area contributed by atoms with Crippen molar-refractivity contribution in [2.45, 2.75) is 23.5 Å². The van der Waals surface area contributed by atoms with Crippen molar-refractivity contribution in [1.82, 2.24) is 0 Å². The number of hydrogen-bond acceptors (Lipinski definition) is 3. The standard InChI is InChI=1S/C12H16N2O2S2/c1-12(2)11(13-18(4,15)16)14(3)9-7-5-6-8-10(9)17-12/h5-8H,1-4H3/b13-11+. The van der Waals surface area contributed by atoms with Crippen molar-refractivity contribution in [2.75, 3.05) is 18.2 Å². The Balaban J connectivity index is 2.60. The van der Waals surface area contributed by atoms with E-state index in [0.29, 0.717) is 5.84 Å². The molecule has 1 aliphatic heterocycles. The van der Waals surface area contributed by atoms with Gasteiger partial charge in [-0.3, -0.25) is 0 Å². The van der Waals surface area contributed by atoms with E-state index in [-0.39, 0.29) is 4.75 Å². The van der Waals surface area contributed by atoms with E-state index in [1.165, 1.54) is 0 Å². The molecule has 0 bridgehead atoms. The van der Waals surface area contributed by atoms with Gasteiger partial charge in [0.1, 0.15) is 5.84 Å². The van der Waals surface area contributed by atoms with Crippen molar-refractivity contribution in [3.63, 3.8) is 0 Å². The lowest BCUT2D eigenvalue weighted by atomic mass is 10.1. The number of benzene rings is 1. The highest BCUT2D eigenvalue weighted by atomic mass is 32.2. The molecule has 0 aromatic heterocycles. The van der Waals surface area contributed by atoms with E-state index >= 15 is 0 Å². The average molecular weight is 284 g/mol. The predicted molar refractivity (Wildman–Crippen MR) is 77.1 cm³/mol. The van der Waals surface area contributed by atoms with E-state index in [4.69, 9.17) is 0 Å². The van der Waals surface area contributed by atoms with Gasteiger partial charge in [0.25, 0.3) is 10.0 Å². The van der Waals surface area contributed by atoms with E-state index in [9.17, 15) is 8.42 Å². The number of hydrogen-bond donors (Lipinski definition) is 0. The van der Waals surface area contributed by atoms with Crippen LogP contribution in [0.1, 0.15) is 13.8 Å². The maximum Gasteiger partial charge on any atom is 0.251 e. The van der Waals surface area contributed by atoms with Gasteiger partial charge in [0.15, 0.2) is 0 Å². The molecule has 0 saturated heterocycles. The lowest BCUT2D eigenvalue weighted by Gasteiger charge is -2.38. The van der Waals surface area contributed by atoms with E-state index in [1.807, 2.05) is 50.1 Å². The van der Waals surface area contributed by atoms with Crippen molar-refractivity contribution in [3.05, 3.63) is 24.3 Å². The van der Waals surface area contributed by atoms with Gasteiger partial charge in [-0.15, -0.1) is 16.2 Å². The number of anilines is 1. The maximum absolute atomic E-state index is 11.4. The summed E-state index contributed by atoms with van der Waals surface area (Å²) in [4.78, 5) is 2.99. The molecule has 4 nitrogen and oxygen atoms in total. The van der Waals surface area contributed by atoms with Crippen LogP contribution in [-0.2, 0) is 10.0 Å². The zero-order valence-corrected chi connectivity index (χ0v) is 12.5. The molecule has 2 rings (SSSR count). The molecule has 0 atom stereocenters. The Bertz CT molecular complexity index is 606. The zero-order chi connectivity index (χ0) is 13.6. The van der Waals surface area contributed by atoms with Crippen molar-refractivity contribution in [2.24, 2.45) is 4.40 Å². The topological polar surface area (TPSA) is 49.7 Å². The largest absolute Gasteiger partial charge is 0.330 e. The first kappa shape index (κ1) is 13.4. The summed E-state index contributed by atoms with van der Waals surface area (Å²) in [5.74, 6) is 0.564. The molecule has 0 amide bonds.